The zero-order chi connectivity index (χ0) is 23.1. The molecular formula is C22H24Cl2N4O3S. The fourth-order valence-electron chi connectivity index (χ4n) is 3.10. The van der Waals surface area contributed by atoms with Crippen molar-refractivity contribution in [1.82, 2.24) is 14.9 Å². The molecule has 0 saturated heterocycles. The molecular weight excluding hydrogens is 471 g/mol. The van der Waals surface area contributed by atoms with Crippen molar-refractivity contribution in [1.29, 1.82) is 0 Å². The minimum atomic E-state index is -3.60. The van der Waals surface area contributed by atoms with Gasteiger partial charge in [0.2, 0.25) is 10.0 Å². The number of carbonyl (C=O) groups is 1. The maximum absolute atomic E-state index is 12.4. The molecule has 32 heavy (non-hydrogen) atoms. The number of halogens is 2. The standard InChI is InChI=1S/C22H24Cl2N4O3S/c1-16-25-12-14-28(16)13-3-11-26-22(29)18-6-8-19(9-7-18)27-32(30,31)15-10-17-4-2-5-20(23)21(17)24/h2,4-9,12,14,27H,3,10-11,13,15H2,1H3,(H,26,29). The lowest BCUT2D eigenvalue weighted by Crippen LogP contribution is -2.25. The molecule has 0 aliphatic carbocycles. The molecule has 0 aliphatic rings. The number of amides is 1. The molecule has 1 aromatic heterocycles. The number of carbonyl (C=O) groups excluding carboxylic acids is 1. The van der Waals surface area contributed by atoms with Crippen LogP contribution in [0.3, 0.4) is 0 Å². The number of hydrogen-bond donors (Lipinski definition) is 2. The largest absolute Gasteiger partial charge is 0.352 e. The SMILES string of the molecule is Cc1nccn1CCCNC(=O)c1ccc(NS(=O)(=O)CCc2cccc(Cl)c2Cl)cc1. The Labute approximate surface area is 197 Å². The van der Waals surface area contributed by atoms with E-state index in [1.165, 1.54) is 0 Å². The summed E-state index contributed by atoms with van der Waals surface area (Å²) in [7, 11) is -3.60. The minimum Gasteiger partial charge on any atom is -0.352 e. The van der Waals surface area contributed by atoms with E-state index in [2.05, 4.69) is 15.0 Å². The van der Waals surface area contributed by atoms with Crippen LogP contribution in [0.1, 0.15) is 28.2 Å². The monoisotopic (exact) mass is 494 g/mol. The lowest BCUT2D eigenvalue weighted by Gasteiger charge is -2.10. The normalized spacial score (nSPS) is 11.3. The number of hydrogen-bond acceptors (Lipinski definition) is 4. The number of anilines is 1. The summed E-state index contributed by atoms with van der Waals surface area (Å²) in [6, 6.07) is 11.4. The predicted molar refractivity (Wildman–Crippen MR) is 128 cm³/mol. The highest BCUT2D eigenvalue weighted by molar-refractivity contribution is 7.92. The molecule has 0 saturated carbocycles. The van der Waals surface area contributed by atoms with Crippen LogP contribution in [0.15, 0.2) is 54.9 Å². The van der Waals surface area contributed by atoms with Crippen molar-refractivity contribution in [3.63, 3.8) is 0 Å². The Morgan fingerprint density at radius 2 is 1.88 bits per heavy atom. The Bertz CT molecular complexity index is 1180. The Balaban J connectivity index is 1.48. The Hall–Kier alpha value is -2.55. The van der Waals surface area contributed by atoms with Crippen LogP contribution >= 0.6 is 23.2 Å². The number of nitrogens with one attached hydrogen (secondary N) is 2. The van der Waals surface area contributed by atoms with Crippen LogP contribution in [0.5, 0.6) is 0 Å². The summed E-state index contributed by atoms with van der Waals surface area (Å²) in [5.74, 6) is 0.577. The first kappa shape index (κ1) is 24.1. The number of nitrogens with zero attached hydrogens (tertiary/aromatic N) is 2. The molecule has 3 rings (SSSR count). The van der Waals surface area contributed by atoms with Crippen LogP contribution in [-0.4, -0.2) is 36.2 Å². The third kappa shape index (κ3) is 6.72. The molecule has 2 N–H and O–H groups in total. The highest BCUT2D eigenvalue weighted by Crippen LogP contribution is 2.26. The van der Waals surface area contributed by atoms with Crippen molar-refractivity contribution in [2.45, 2.75) is 26.3 Å². The molecule has 0 unspecified atom stereocenters. The topological polar surface area (TPSA) is 93.1 Å². The van der Waals surface area contributed by atoms with E-state index in [4.69, 9.17) is 23.2 Å². The van der Waals surface area contributed by atoms with Gasteiger partial charge in [0.25, 0.3) is 5.91 Å². The second-order valence-electron chi connectivity index (χ2n) is 7.24. The first-order chi connectivity index (χ1) is 15.2. The Kier molecular flexibility index (Phi) is 8.17. The summed E-state index contributed by atoms with van der Waals surface area (Å²) >= 11 is 12.1. The summed E-state index contributed by atoms with van der Waals surface area (Å²) < 4.78 is 29.4. The highest BCUT2D eigenvalue weighted by atomic mass is 35.5. The van der Waals surface area contributed by atoms with E-state index in [0.717, 1.165) is 18.8 Å². The molecule has 0 spiro atoms. The number of imidazole rings is 1. The molecule has 3 aromatic rings. The summed E-state index contributed by atoms with van der Waals surface area (Å²) in [6.45, 7) is 3.23. The number of benzene rings is 2. The molecule has 10 heteroatoms. The van der Waals surface area contributed by atoms with Gasteiger partial charge in [0.15, 0.2) is 0 Å². The van der Waals surface area contributed by atoms with Gasteiger partial charge in [-0.25, -0.2) is 13.4 Å². The fraction of sp³-hybridized carbons (Fsp3) is 0.273. The summed E-state index contributed by atoms with van der Waals surface area (Å²) in [5, 5.41) is 3.61. The van der Waals surface area contributed by atoms with Crippen LogP contribution in [0, 0.1) is 6.92 Å². The van der Waals surface area contributed by atoms with Gasteiger partial charge in [-0.15, -0.1) is 0 Å². The first-order valence-corrected chi connectivity index (χ1v) is 12.5. The fourth-order valence-corrected chi connectivity index (χ4v) is 4.60. The molecule has 7 nitrogen and oxygen atoms in total. The van der Waals surface area contributed by atoms with Crippen molar-refractivity contribution >= 4 is 44.8 Å². The Morgan fingerprint density at radius 1 is 1.12 bits per heavy atom. The summed E-state index contributed by atoms with van der Waals surface area (Å²) in [5.41, 5.74) is 1.51. The van der Waals surface area contributed by atoms with Crippen molar-refractivity contribution in [2.24, 2.45) is 0 Å². The second kappa shape index (κ2) is 10.8. The van der Waals surface area contributed by atoms with Crippen LogP contribution in [0.25, 0.3) is 0 Å². The van der Waals surface area contributed by atoms with Crippen LogP contribution < -0.4 is 10.0 Å². The highest BCUT2D eigenvalue weighted by Gasteiger charge is 2.14. The minimum absolute atomic E-state index is 0.147. The zero-order valence-electron chi connectivity index (χ0n) is 17.5. The van der Waals surface area contributed by atoms with E-state index in [-0.39, 0.29) is 18.1 Å². The van der Waals surface area contributed by atoms with Crippen LogP contribution in [0.4, 0.5) is 5.69 Å². The third-order valence-electron chi connectivity index (χ3n) is 4.88. The van der Waals surface area contributed by atoms with Gasteiger partial charge >= 0.3 is 0 Å². The van der Waals surface area contributed by atoms with Gasteiger partial charge < -0.3 is 9.88 Å². The number of aryl methyl sites for hydroxylation is 3. The van der Waals surface area contributed by atoms with E-state index in [9.17, 15) is 13.2 Å². The van der Waals surface area contributed by atoms with Crippen molar-refractivity contribution < 1.29 is 13.2 Å². The molecule has 170 valence electrons. The molecule has 0 fully saturated rings. The van der Waals surface area contributed by atoms with Crippen LogP contribution in [0.2, 0.25) is 10.0 Å². The Morgan fingerprint density at radius 3 is 2.56 bits per heavy atom. The molecule has 0 radical (unpaired) electrons. The van der Waals surface area contributed by atoms with Gasteiger partial charge in [-0.05, 0) is 55.7 Å². The van der Waals surface area contributed by atoms with Crippen molar-refractivity contribution in [3.8, 4) is 0 Å². The molecule has 2 aromatic carbocycles. The quantitative estimate of drug-likeness (QED) is 0.410. The van der Waals surface area contributed by atoms with E-state index < -0.39 is 10.0 Å². The average Bonchev–Trinajstić information content (AvgIpc) is 3.17. The maximum atomic E-state index is 12.4. The van der Waals surface area contributed by atoms with Gasteiger partial charge in [0, 0.05) is 36.7 Å². The smallest absolute Gasteiger partial charge is 0.251 e. The van der Waals surface area contributed by atoms with Gasteiger partial charge in [0.05, 0.1) is 15.8 Å². The molecule has 0 aliphatic heterocycles. The average molecular weight is 495 g/mol. The maximum Gasteiger partial charge on any atom is 0.251 e. The summed E-state index contributed by atoms with van der Waals surface area (Å²) in [6.07, 6.45) is 4.65. The zero-order valence-corrected chi connectivity index (χ0v) is 19.8. The van der Waals surface area contributed by atoms with Gasteiger partial charge in [-0.1, -0.05) is 35.3 Å². The number of aromatic nitrogens is 2. The van der Waals surface area contributed by atoms with Crippen molar-refractivity contribution in [2.75, 3.05) is 17.0 Å². The van der Waals surface area contributed by atoms with E-state index in [1.54, 1.807) is 48.7 Å². The molecule has 1 heterocycles. The summed E-state index contributed by atoms with van der Waals surface area (Å²) in [4.78, 5) is 16.5. The van der Waals surface area contributed by atoms with E-state index >= 15 is 0 Å². The lowest BCUT2D eigenvalue weighted by atomic mass is 10.2. The number of rotatable bonds is 10. The predicted octanol–water partition coefficient (Wildman–Crippen LogP) is 4.30. The van der Waals surface area contributed by atoms with E-state index in [1.807, 2.05) is 17.7 Å². The lowest BCUT2D eigenvalue weighted by molar-refractivity contribution is 0.0952. The molecule has 0 bridgehead atoms. The second-order valence-corrected chi connectivity index (χ2v) is 9.87. The van der Waals surface area contributed by atoms with Crippen LogP contribution in [-0.2, 0) is 23.0 Å². The molecule has 1 amide bonds. The van der Waals surface area contributed by atoms with Crippen molar-refractivity contribution in [3.05, 3.63) is 81.9 Å². The molecule has 0 atom stereocenters. The van der Waals surface area contributed by atoms with Gasteiger partial charge in [-0.3, -0.25) is 9.52 Å². The number of sulfonamides is 1. The third-order valence-corrected chi connectivity index (χ3v) is 7.02. The van der Waals surface area contributed by atoms with Gasteiger partial charge in [0.1, 0.15) is 5.82 Å². The van der Waals surface area contributed by atoms with E-state index in [0.29, 0.717) is 33.4 Å². The first-order valence-electron chi connectivity index (χ1n) is 10.0. The van der Waals surface area contributed by atoms with Gasteiger partial charge in [-0.2, -0.15) is 0 Å².